The van der Waals surface area contributed by atoms with Gasteiger partial charge < -0.3 is 9.80 Å². The van der Waals surface area contributed by atoms with Crippen molar-refractivity contribution in [1.82, 2.24) is 0 Å². The Morgan fingerprint density at radius 3 is 1.79 bits per heavy atom. The molecule has 0 N–H and O–H groups in total. The predicted octanol–water partition coefficient (Wildman–Crippen LogP) is 14.1. The number of aryl methyl sites for hydroxylation is 2. The summed E-state index contributed by atoms with van der Waals surface area (Å²) < 4.78 is 0. The summed E-state index contributed by atoms with van der Waals surface area (Å²) in [7, 11) is 0. The highest BCUT2D eigenvalue weighted by molar-refractivity contribution is 6.29. The monoisotopic (exact) mass is 666 g/mol. The molecule has 9 aromatic carbocycles. The topological polar surface area (TPSA) is 6.48 Å². The molecule has 0 aromatic heterocycles. The van der Waals surface area contributed by atoms with E-state index in [1.807, 2.05) is 0 Å². The van der Waals surface area contributed by atoms with Crippen LogP contribution in [0.5, 0.6) is 0 Å². The van der Waals surface area contributed by atoms with Gasteiger partial charge in [-0.05, 0) is 112 Å². The summed E-state index contributed by atoms with van der Waals surface area (Å²) in [6.07, 6.45) is 5.56. The lowest BCUT2D eigenvalue weighted by Crippen LogP contribution is -2.25. The average Bonchev–Trinajstić information content (AvgIpc) is 3.20. The van der Waals surface area contributed by atoms with E-state index in [1.165, 1.54) is 88.1 Å². The lowest BCUT2D eigenvalue weighted by atomic mass is 9.86. The summed E-state index contributed by atoms with van der Waals surface area (Å²) in [5, 5.41) is 10.3. The third kappa shape index (κ3) is 4.72. The Hall–Kier alpha value is -6.38. The molecule has 2 nitrogen and oxygen atoms in total. The summed E-state index contributed by atoms with van der Waals surface area (Å²) in [5.74, 6) is 0. The zero-order chi connectivity index (χ0) is 34.8. The highest BCUT2D eigenvalue weighted by atomic mass is 15.2. The normalized spacial score (nSPS) is 14.0. The van der Waals surface area contributed by atoms with Crippen LogP contribution < -0.4 is 9.80 Å². The molecule has 0 spiro atoms. The number of para-hydroxylation sites is 2. The molecule has 1 atom stereocenters. The number of hydrogen-bond acceptors (Lipinski definition) is 2. The Morgan fingerprint density at radius 1 is 0.462 bits per heavy atom. The summed E-state index contributed by atoms with van der Waals surface area (Å²) in [5.41, 5.74) is 11.2. The smallest absolute Gasteiger partial charge is 0.0632 e. The van der Waals surface area contributed by atoms with Crippen molar-refractivity contribution in [2.75, 3.05) is 9.80 Å². The second-order valence-corrected chi connectivity index (χ2v) is 14.2. The van der Waals surface area contributed by atoms with Gasteiger partial charge in [-0.15, -0.1) is 0 Å². The standard InChI is InChI=1S/C50H38N2/c1-33-31-47(51(37-19-5-3-6-20-37)45-25-13-17-35-15-9-11-23-41(35)45)43-30-28-40-34(2)32-48(44-29-27-39(33)49(43)50(40)44)52(38-21-7-4-8-22-38)46-26-14-18-36-16-10-12-24-42(36)46/h3-25,27-32,46H,26H2,1-2H3. The second-order valence-electron chi connectivity index (χ2n) is 14.2. The summed E-state index contributed by atoms with van der Waals surface area (Å²) in [6, 6.07) is 60.5. The Balaban J connectivity index is 1.28. The fourth-order valence-corrected chi connectivity index (χ4v) is 8.81. The van der Waals surface area contributed by atoms with Crippen LogP contribution in [0.4, 0.5) is 28.4 Å². The van der Waals surface area contributed by atoms with Gasteiger partial charge in [0, 0.05) is 33.2 Å². The van der Waals surface area contributed by atoms with Crippen molar-refractivity contribution in [1.29, 1.82) is 0 Å². The molecule has 0 saturated heterocycles. The lowest BCUT2D eigenvalue weighted by molar-refractivity contribution is 0.703. The molecule has 248 valence electrons. The van der Waals surface area contributed by atoms with Crippen molar-refractivity contribution < 1.29 is 0 Å². The van der Waals surface area contributed by atoms with E-state index >= 15 is 0 Å². The molecule has 1 unspecified atom stereocenters. The maximum Gasteiger partial charge on any atom is 0.0632 e. The maximum absolute atomic E-state index is 2.60. The largest absolute Gasteiger partial charge is 0.333 e. The van der Waals surface area contributed by atoms with Crippen molar-refractivity contribution >= 4 is 77.6 Å². The van der Waals surface area contributed by atoms with Crippen LogP contribution in [0.3, 0.4) is 0 Å². The zero-order valence-electron chi connectivity index (χ0n) is 29.4. The first kappa shape index (κ1) is 30.4. The maximum atomic E-state index is 2.60. The van der Waals surface area contributed by atoms with E-state index in [2.05, 4.69) is 200 Å². The van der Waals surface area contributed by atoms with Gasteiger partial charge in [0.25, 0.3) is 0 Å². The number of rotatable bonds is 6. The summed E-state index contributed by atoms with van der Waals surface area (Å²) in [6.45, 7) is 4.56. The molecule has 0 amide bonds. The van der Waals surface area contributed by atoms with Gasteiger partial charge in [-0.2, -0.15) is 0 Å². The quantitative estimate of drug-likeness (QED) is 0.163. The first-order chi connectivity index (χ1) is 25.7. The van der Waals surface area contributed by atoms with Crippen LogP contribution in [-0.2, 0) is 0 Å². The Morgan fingerprint density at radius 2 is 1.04 bits per heavy atom. The van der Waals surface area contributed by atoms with Crippen LogP contribution in [0, 0.1) is 13.8 Å². The summed E-state index contributed by atoms with van der Waals surface area (Å²) >= 11 is 0. The van der Waals surface area contributed by atoms with E-state index in [9.17, 15) is 0 Å². The van der Waals surface area contributed by atoms with Gasteiger partial charge in [-0.1, -0.05) is 133 Å². The number of anilines is 5. The molecule has 1 aliphatic rings. The van der Waals surface area contributed by atoms with Gasteiger partial charge in [-0.3, -0.25) is 0 Å². The lowest BCUT2D eigenvalue weighted by Gasteiger charge is -2.37. The van der Waals surface area contributed by atoms with Gasteiger partial charge >= 0.3 is 0 Å². The van der Waals surface area contributed by atoms with Crippen LogP contribution >= 0.6 is 0 Å². The van der Waals surface area contributed by atoms with Crippen LogP contribution in [0.15, 0.2) is 170 Å². The molecule has 0 bridgehead atoms. The van der Waals surface area contributed by atoms with E-state index < -0.39 is 0 Å². The van der Waals surface area contributed by atoms with Crippen molar-refractivity contribution in [2.24, 2.45) is 0 Å². The molecule has 10 rings (SSSR count). The van der Waals surface area contributed by atoms with E-state index in [0.717, 1.165) is 12.1 Å². The van der Waals surface area contributed by atoms with Crippen molar-refractivity contribution in [3.8, 4) is 0 Å². The molecule has 0 fully saturated rings. The predicted molar refractivity (Wildman–Crippen MR) is 223 cm³/mol. The molecule has 52 heavy (non-hydrogen) atoms. The number of nitrogens with zero attached hydrogens (tertiary/aromatic N) is 2. The molecule has 0 radical (unpaired) electrons. The van der Waals surface area contributed by atoms with Crippen molar-refractivity contribution in [2.45, 2.75) is 26.3 Å². The van der Waals surface area contributed by atoms with Crippen molar-refractivity contribution in [3.05, 3.63) is 192 Å². The van der Waals surface area contributed by atoms with Gasteiger partial charge in [0.15, 0.2) is 0 Å². The van der Waals surface area contributed by atoms with Gasteiger partial charge in [0.05, 0.1) is 17.4 Å². The van der Waals surface area contributed by atoms with Crippen molar-refractivity contribution in [3.63, 3.8) is 0 Å². The molecule has 0 heterocycles. The van der Waals surface area contributed by atoms with Crippen LogP contribution in [0.2, 0.25) is 0 Å². The third-order valence-electron chi connectivity index (χ3n) is 11.1. The Labute approximate surface area is 304 Å². The minimum absolute atomic E-state index is 0.165. The van der Waals surface area contributed by atoms with Gasteiger partial charge in [-0.25, -0.2) is 0 Å². The summed E-state index contributed by atoms with van der Waals surface area (Å²) in [4.78, 5) is 5.07. The molecule has 1 aliphatic carbocycles. The van der Waals surface area contributed by atoms with Crippen LogP contribution in [0.1, 0.15) is 34.7 Å². The minimum Gasteiger partial charge on any atom is -0.333 e. The van der Waals surface area contributed by atoms with Gasteiger partial charge in [0.2, 0.25) is 0 Å². The van der Waals surface area contributed by atoms with Gasteiger partial charge in [0.1, 0.15) is 0 Å². The molecular weight excluding hydrogens is 629 g/mol. The molecule has 9 aromatic rings. The third-order valence-corrected chi connectivity index (χ3v) is 11.1. The van der Waals surface area contributed by atoms with Crippen LogP contribution in [0.25, 0.3) is 49.2 Å². The Kier molecular flexibility index (Phi) is 7.11. The fraction of sp³-hybridized carbons (Fsp3) is 0.0800. The molecular formula is C50H38N2. The second kappa shape index (κ2) is 12.1. The first-order valence-electron chi connectivity index (χ1n) is 18.3. The minimum atomic E-state index is 0.165. The Bertz CT molecular complexity index is 2790. The highest BCUT2D eigenvalue weighted by Gasteiger charge is 2.29. The molecule has 0 aliphatic heterocycles. The van der Waals surface area contributed by atoms with E-state index in [0.29, 0.717) is 0 Å². The SMILES string of the molecule is Cc1cc(N(c2ccccc2)c2cccc3ccccc23)c2ccc3c(C)cc(N(c4ccccc4)C4CC=Cc5ccccc54)c4ccc1c2c34. The van der Waals surface area contributed by atoms with E-state index in [4.69, 9.17) is 0 Å². The zero-order valence-corrected chi connectivity index (χ0v) is 29.4. The van der Waals surface area contributed by atoms with E-state index in [-0.39, 0.29) is 6.04 Å². The number of hydrogen-bond donors (Lipinski definition) is 0. The first-order valence-corrected chi connectivity index (χ1v) is 18.3. The number of fused-ring (bicyclic) bond motifs is 2. The highest BCUT2D eigenvalue weighted by Crippen LogP contribution is 2.50. The molecule has 2 heteroatoms. The fourth-order valence-electron chi connectivity index (χ4n) is 8.81. The number of benzene rings is 9. The average molecular weight is 667 g/mol. The molecule has 0 saturated carbocycles. The van der Waals surface area contributed by atoms with Crippen LogP contribution in [-0.4, -0.2) is 0 Å². The van der Waals surface area contributed by atoms with E-state index in [1.54, 1.807) is 0 Å².